The molecule has 0 fully saturated rings. The molecule has 102 valence electrons. The Labute approximate surface area is 116 Å². The van der Waals surface area contributed by atoms with E-state index in [0.29, 0.717) is 5.56 Å². The van der Waals surface area contributed by atoms with Crippen molar-refractivity contribution in [2.75, 3.05) is 12.4 Å². The Morgan fingerprint density at radius 2 is 2.32 bits per heavy atom. The van der Waals surface area contributed by atoms with Crippen molar-refractivity contribution in [3.8, 4) is 0 Å². The standard InChI is InChI=1S/C13H15ClN2O3/c1-7-8(11(5-15)16-12(17)4-14)2-3-9-10(7)6-19-13(9)18/h2-3,11H,4-6,15H2,1H3,(H,16,17)/t11-/m0/s1. The van der Waals surface area contributed by atoms with E-state index in [2.05, 4.69) is 5.32 Å². The molecular weight excluding hydrogens is 268 g/mol. The molecule has 1 atom stereocenters. The fourth-order valence-corrected chi connectivity index (χ4v) is 2.32. The maximum absolute atomic E-state index is 11.5. The van der Waals surface area contributed by atoms with Crippen LogP contribution in [0.5, 0.6) is 0 Å². The minimum absolute atomic E-state index is 0.109. The first-order valence-electron chi connectivity index (χ1n) is 5.93. The second-order valence-electron chi connectivity index (χ2n) is 4.37. The SMILES string of the molecule is Cc1c([C@H](CN)NC(=O)CCl)ccc2c1COC2=O. The number of hydrogen-bond acceptors (Lipinski definition) is 4. The topological polar surface area (TPSA) is 81.4 Å². The van der Waals surface area contributed by atoms with Crippen LogP contribution < -0.4 is 11.1 Å². The van der Waals surface area contributed by atoms with E-state index in [4.69, 9.17) is 22.1 Å². The van der Waals surface area contributed by atoms with E-state index >= 15 is 0 Å². The summed E-state index contributed by atoms with van der Waals surface area (Å²) in [5.74, 6) is -0.690. The number of nitrogens with two attached hydrogens (primary N) is 1. The number of nitrogens with one attached hydrogen (secondary N) is 1. The Hall–Kier alpha value is -1.59. The van der Waals surface area contributed by atoms with E-state index in [0.717, 1.165) is 16.7 Å². The van der Waals surface area contributed by atoms with E-state index in [1.165, 1.54) is 0 Å². The lowest BCUT2D eigenvalue weighted by Crippen LogP contribution is -2.34. The third-order valence-electron chi connectivity index (χ3n) is 3.28. The number of rotatable bonds is 4. The molecule has 0 spiro atoms. The molecule has 1 heterocycles. The van der Waals surface area contributed by atoms with Gasteiger partial charge in [0.05, 0.1) is 11.6 Å². The maximum Gasteiger partial charge on any atom is 0.338 e. The molecule has 1 aliphatic heterocycles. The first-order valence-corrected chi connectivity index (χ1v) is 6.46. The van der Waals surface area contributed by atoms with E-state index in [1.54, 1.807) is 12.1 Å². The highest BCUT2D eigenvalue weighted by Crippen LogP contribution is 2.28. The number of amides is 1. The number of benzene rings is 1. The third kappa shape index (κ3) is 2.57. The van der Waals surface area contributed by atoms with Gasteiger partial charge in [0.25, 0.3) is 0 Å². The van der Waals surface area contributed by atoms with Crippen LogP contribution in [0.2, 0.25) is 0 Å². The number of halogens is 1. The highest BCUT2D eigenvalue weighted by molar-refractivity contribution is 6.27. The van der Waals surface area contributed by atoms with Gasteiger partial charge in [-0.1, -0.05) is 6.07 Å². The van der Waals surface area contributed by atoms with Gasteiger partial charge < -0.3 is 15.8 Å². The fourth-order valence-electron chi connectivity index (χ4n) is 2.24. The predicted molar refractivity (Wildman–Crippen MR) is 71.0 cm³/mol. The van der Waals surface area contributed by atoms with Crippen LogP contribution in [-0.2, 0) is 16.1 Å². The Morgan fingerprint density at radius 1 is 1.58 bits per heavy atom. The summed E-state index contributed by atoms with van der Waals surface area (Å²) in [6, 6.07) is 3.20. The highest BCUT2D eigenvalue weighted by Gasteiger charge is 2.26. The van der Waals surface area contributed by atoms with Gasteiger partial charge in [-0.3, -0.25) is 4.79 Å². The van der Waals surface area contributed by atoms with Gasteiger partial charge in [-0.15, -0.1) is 11.6 Å². The number of fused-ring (bicyclic) bond motifs is 1. The molecule has 0 aliphatic carbocycles. The quantitative estimate of drug-likeness (QED) is 0.638. The van der Waals surface area contributed by atoms with Crippen LogP contribution in [0.3, 0.4) is 0 Å². The van der Waals surface area contributed by atoms with Crippen LogP contribution in [0.1, 0.15) is 33.1 Å². The van der Waals surface area contributed by atoms with Gasteiger partial charge in [0.15, 0.2) is 0 Å². The molecule has 0 unspecified atom stereocenters. The molecule has 5 nitrogen and oxygen atoms in total. The smallest absolute Gasteiger partial charge is 0.338 e. The number of cyclic esters (lactones) is 1. The summed E-state index contributed by atoms with van der Waals surface area (Å²) < 4.78 is 5.00. The van der Waals surface area contributed by atoms with Crippen molar-refractivity contribution in [1.82, 2.24) is 5.32 Å². The minimum atomic E-state index is -0.313. The lowest BCUT2D eigenvalue weighted by Gasteiger charge is -2.20. The van der Waals surface area contributed by atoms with Gasteiger partial charge in [-0.05, 0) is 24.1 Å². The zero-order valence-electron chi connectivity index (χ0n) is 10.5. The van der Waals surface area contributed by atoms with E-state index in [-0.39, 0.29) is 36.9 Å². The summed E-state index contributed by atoms with van der Waals surface area (Å²) in [5, 5.41) is 2.75. The number of esters is 1. The molecule has 0 saturated heterocycles. The highest BCUT2D eigenvalue weighted by atomic mass is 35.5. The lowest BCUT2D eigenvalue weighted by atomic mass is 9.94. The molecule has 0 aromatic heterocycles. The van der Waals surface area contributed by atoms with Gasteiger partial charge in [-0.2, -0.15) is 0 Å². The van der Waals surface area contributed by atoms with Crippen LogP contribution in [0.15, 0.2) is 12.1 Å². The van der Waals surface area contributed by atoms with Crippen LogP contribution >= 0.6 is 11.6 Å². The van der Waals surface area contributed by atoms with Crippen molar-refractivity contribution in [1.29, 1.82) is 0 Å². The summed E-state index contributed by atoms with van der Waals surface area (Å²) in [6.07, 6.45) is 0. The fraction of sp³-hybridized carbons (Fsp3) is 0.385. The van der Waals surface area contributed by atoms with E-state index in [1.807, 2.05) is 6.92 Å². The molecule has 0 radical (unpaired) electrons. The normalized spacial score (nSPS) is 14.8. The summed E-state index contributed by atoms with van der Waals surface area (Å²) in [5.41, 5.74) is 8.95. The second kappa shape index (κ2) is 5.59. The number of carbonyl (C=O) groups is 2. The number of alkyl halides is 1. The van der Waals surface area contributed by atoms with Crippen molar-refractivity contribution in [3.63, 3.8) is 0 Å². The van der Waals surface area contributed by atoms with Crippen molar-refractivity contribution in [3.05, 3.63) is 34.4 Å². The molecule has 1 aromatic rings. The van der Waals surface area contributed by atoms with Gasteiger partial charge in [-0.25, -0.2) is 4.79 Å². The molecule has 1 amide bonds. The second-order valence-corrected chi connectivity index (χ2v) is 4.64. The van der Waals surface area contributed by atoms with E-state index < -0.39 is 0 Å². The average Bonchev–Trinajstić information content (AvgIpc) is 2.79. The number of ether oxygens (including phenoxy) is 1. The summed E-state index contributed by atoms with van der Waals surface area (Å²) >= 11 is 5.48. The zero-order valence-corrected chi connectivity index (χ0v) is 11.3. The average molecular weight is 283 g/mol. The molecule has 0 saturated carbocycles. The molecule has 0 bridgehead atoms. The van der Waals surface area contributed by atoms with E-state index in [9.17, 15) is 9.59 Å². The monoisotopic (exact) mass is 282 g/mol. The van der Waals surface area contributed by atoms with Crippen molar-refractivity contribution < 1.29 is 14.3 Å². The third-order valence-corrected chi connectivity index (χ3v) is 3.52. The predicted octanol–water partition coefficient (Wildman–Crippen LogP) is 1.02. The largest absolute Gasteiger partial charge is 0.457 e. The molecule has 1 aliphatic rings. The molecule has 2 rings (SSSR count). The van der Waals surface area contributed by atoms with Gasteiger partial charge >= 0.3 is 5.97 Å². The van der Waals surface area contributed by atoms with Crippen LogP contribution in [-0.4, -0.2) is 24.3 Å². The molecular formula is C13H15ClN2O3. The zero-order chi connectivity index (χ0) is 14.0. The number of hydrogen-bond donors (Lipinski definition) is 2. The summed E-state index contributed by atoms with van der Waals surface area (Å²) in [6.45, 7) is 2.43. The molecule has 6 heteroatoms. The van der Waals surface area contributed by atoms with Crippen LogP contribution in [0, 0.1) is 6.92 Å². The Morgan fingerprint density at radius 3 is 2.95 bits per heavy atom. The van der Waals surface area contributed by atoms with Crippen LogP contribution in [0.25, 0.3) is 0 Å². The molecule has 1 aromatic carbocycles. The summed E-state index contributed by atoms with van der Waals surface area (Å²) in [7, 11) is 0. The first kappa shape index (κ1) is 13.8. The Kier molecular flexibility index (Phi) is 4.07. The Bertz CT molecular complexity index is 531. The minimum Gasteiger partial charge on any atom is -0.457 e. The summed E-state index contributed by atoms with van der Waals surface area (Å²) in [4.78, 5) is 22.8. The first-order chi connectivity index (χ1) is 9.08. The van der Waals surface area contributed by atoms with Gasteiger partial charge in [0.2, 0.25) is 5.91 Å². The number of carbonyl (C=O) groups excluding carboxylic acids is 2. The van der Waals surface area contributed by atoms with Crippen LogP contribution in [0.4, 0.5) is 0 Å². The van der Waals surface area contributed by atoms with Crippen molar-refractivity contribution >= 4 is 23.5 Å². The Balaban J connectivity index is 2.34. The van der Waals surface area contributed by atoms with Gasteiger partial charge in [0, 0.05) is 12.1 Å². The van der Waals surface area contributed by atoms with Crippen molar-refractivity contribution in [2.24, 2.45) is 5.73 Å². The lowest BCUT2D eigenvalue weighted by molar-refractivity contribution is -0.119. The molecule has 19 heavy (non-hydrogen) atoms. The maximum atomic E-state index is 11.5. The van der Waals surface area contributed by atoms with Crippen molar-refractivity contribution in [2.45, 2.75) is 19.6 Å². The van der Waals surface area contributed by atoms with Gasteiger partial charge in [0.1, 0.15) is 12.5 Å². The molecule has 3 N–H and O–H groups in total.